The van der Waals surface area contributed by atoms with Crippen LogP contribution in [0.15, 0.2) is 24.3 Å². The predicted octanol–water partition coefficient (Wildman–Crippen LogP) is 1.53. The molecule has 0 radical (unpaired) electrons. The smallest absolute Gasteiger partial charge is 0.260 e. The number of halogens is 1. The van der Waals surface area contributed by atoms with Crippen LogP contribution in [0.5, 0.6) is 5.75 Å². The van der Waals surface area contributed by atoms with Gasteiger partial charge < -0.3 is 14.4 Å². The van der Waals surface area contributed by atoms with Gasteiger partial charge in [0.2, 0.25) is 0 Å². The summed E-state index contributed by atoms with van der Waals surface area (Å²) in [5.74, 6) is -0.404. The summed E-state index contributed by atoms with van der Waals surface area (Å²) in [5, 5.41) is 0. The lowest BCUT2D eigenvalue weighted by molar-refractivity contribution is -0.141. The summed E-state index contributed by atoms with van der Waals surface area (Å²) < 4.78 is 24.1. The molecule has 126 valence electrons. The molecule has 6 heteroatoms. The maximum atomic E-state index is 13.4. The third-order valence-corrected chi connectivity index (χ3v) is 4.73. The van der Waals surface area contributed by atoms with Crippen molar-refractivity contribution in [3.05, 3.63) is 30.1 Å². The molecular weight excluding hydrogens is 299 g/mol. The fourth-order valence-electron chi connectivity index (χ4n) is 3.16. The van der Waals surface area contributed by atoms with Crippen molar-refractivity contribution in [2.24, 2.45) is 0 Å². The van der Waals surface area contributed by atoms with Crippen molar-refractivity contribution in [1.82, 2.24) is 9.80 Å². The second-order valence-corrected chi connectivity index (χ2v) is 6.14. The Morgan fingerprint density at radius 2 is 1.96 bits per heavy atom. The number of carbonyl (C=O) groups is 1. The lowest BCUT2D eigenvalue weighted by Crippen LogP contribution is -2.63. The third kappa shape index (κ3) is 3.82. The van der Waals surface area contributed by atoms with Gasteiger partial charge in [-0.1, -0.05) is 12.1 Å². The van der Waals surface area contributed by atoms with Gasteiger partial charge >= 0.3 is 0 Å². The standard InChI is InChI=1S/C17H23FN2O3/c1-22-14-6-8-19(9-7-14)13-10-20(11-13)17(21)12-23-16-5-3-2-4-15(16)18/h2-5,13-14H,6-12H2,1H3. The number of hydrogen-bond acceptors (Lipinski definition) is 4. The Hall–Kier alpha value is -1.66. The summed E-state index contributed by atoms with van der Waals surface area (Å²) in [5.41, 5.74) is 0. The van der Waals surface area contributed by atoms with Crippen molar-refractivity contribution in [1.29, 1.82) is 0 Å². The van der Waals surface area contributed by atoms with Crippen LogP contribution < -0.4 is 4.74 Å². The molecule has 0 N–H and O–H groups in total. The molecule has 0 aliphatic carbocycles. The number of carbonyl (C=O) groups excluding carboxylic acids is 1. The minimum Gasteiger partial charge on any atom is -0.481 e. The number of amides is 1. The molecule has 0 spiro atoms. The number of para-hydroxylation sites is 1. The first-order valence-corrected chi connectivity index (χ1v) is 8.09. The molecule has 1 aromatic rings. The van der Waals surface area contributed by atoms with Gasteiger partial charge in [0.1, 0.15) is 0 Å². The zero-order valence-electron chi connectivity index (χ0n) is 13.4. The van der Waals surface area contributed by atoms with Gasteiger partial charge in [0.05, 0.1) is 6.10 Å². The van der Waals surface area contributed by atoms with Gasteiger partial charge in [-0.05, 0) is 25.0 Å². The van der Waals surface area contributed by atoms with Crippen molar-refractivity contribution in [2.75, 3.05) is 39.9 Å². The molecule has 2 saturated heterocycles. The molecule has 2 aliphatic heterocycles. The second kappa shape index (κ2) is 7.27. The molecule has 2 aliphatic rings. The van der Waals surface area contributed by atoms with Crippen molar-refractivity contribution >= 4 is 5.91 Å². The molecule has 2 fully saturated rings. The molecule has 1 aromatic carbocycles. The highest BCUT2D eigenvalue weighted by Crippen LogP contribution is 2.22. The lowest BCUT2D eigenvalue weighted by Gasteiger charge is -2.47. The Balaban J connectivity index is 1.39. The van der Waals surface area contributed by atoms with Crippen LogP contribution in [-0.4, -0.2) is 67.7 Å². The summed E-state index contributed by atoms with van der Waals surface area (Å²) in [4.78, 5) is 16.3. The Bertz CT molecular complexity index is 540. The van der Waals surface area contributed by atoms with Crippen LogP contribution in [0, 0.1) is 5.82 Å². The van der Waals surface area contributed by atoms with Gasteiger partial charge in [-0.25, -0.2) is 4.39 Å². The van der Waals surface area contributed by atoms with Gasteiger partial charge in [0.15, 0.2) is 18.2 Å². The van der Waals surface area contributed by atoms with E-state index in [0.29, 0.717) is 12.1 Å². The summed E-state index contributed by atoms with van der Waals surface area (Å²) in [6, 6.07) is 6.57. The molecule has 5 nitrogen and oxygen atoms in total. The molecule has 0 unspecified atom stereocenters. The minimum atomic E-state index is -0.442. The van der Waals surface area contributed by atoms with Gasteiger partial charge in [-0.3, -0.25) is 9.69 Å². The number of likely N-dealkylation sites (tertiary alicyclic amines) is 2. The topological polar surface area (TPSA) is 42.0 Å². The summed E-state index contributed by atoms with van der Waals surface area (Å²) in [6.07, 6.45) is 2.48. The third-order valence-electron chi connectivity index (χ3n) is 4.73. The molecule has 0 saturated carbocycles. The number of benzene rings is 1. The van der Waals surface area contributed by atoms with Crippen LogP contribution in [0.2, 0.25) is 0 Å². The van der Waals surface area contributed by atoms with Crippen LogP contribution in [0.3, 0.4) is 0 Å². The van der Waals surface area contributed by atoms with E-state index < -0.39 is 5.82 Å². The maximum Gasteiger partial charge on any atom is 0.260 e. The number of piperidine rings is 1. The molecule has 23 heavy (non-hydrogen) atoms. The molecule has 0 atom stereocenters. The van der Waals surface area contributed by atoms with E-state index in [1.54, 1.807) is 24.1 Å². The Morgan fingerprint density at radius 3 is 2.61 bits per heavy atom. The monoisotopic (exact) mass is 322 g/mol. The first-order chi connectivity index (χ1) is 11.2. The average molecular weight is 322 g/mol. The Labute approximate surface area is 136 Å². The van der Waals surface area contributed by atoms with Gasteiger partial charge in [0, 0.05) is 39.3 Å². The quantitative estimate of drug-likeness (QED) is 0.824. The fourth-order valence-corrected chi connectivity index (χ4v) is 3.16. The van der Waals surface area contributed by atoms with Crippen LogP contribution in [0.1, 0.15) is 12.8 Å². The van der Waals surface area contributed by atoms with E-state index in [1.807, 2.05) is 0 Å². The molecule has 0 aromatic heterocycles. The highest BCUT2D eigenvalue weighted by Gasteiger charge is 2.36. The number of rotatable bonds is 5. The van der Waals surface area contributed by atoms with Gasteiger partial charge in [-0.2, -0.15) is 0 Å². The van der Waals surface area contributed by atoms with E-state index in [-0.39, 0.29) is 18.3 Å². The van der Waals surface area contributed by atoms with Crippen molar-refractivity contribution in [3.63, 3.8) is 0 Å². The molecule has 3 rings (SSSR count). The van der Waals surface area contributed by atoms with Crippen molar-refractivity contribution in [3.8, 4) is 5.75 Å². The highest BCUT2D eigenvalue weighted by molar-refractivity contribution is 5.78. The van der Waals surface area contributed by atoms with Gasteiger partial charge in [-0.15, -0.1) is 0 Å². The maximum absolute atomic E-state index is 13.4. The first kappa shape index (κ1) is 16.2. The molecule has 1 amide bonds. The highest BCUT2D eigenvalue weighted by atomic mass is 19.1. The van der Waals surface area contributed by atoms with Gasteiger partial charge in [0.25, 0.3) is 5.91 Å². The lowest BCUT2D eigenvalue weighted by atomic mass is 10.0. The summed E-state index contributed by atoms with van der Waals surface area (Å²) >= 11 is 0. The van der Waals surface area contributed by atoms with E-state index in [2.05, 4.69) is 4.90 Å². The number of methoxy groups -OCH3 is 1. The first-order valence-electron chi connectivity index (χ1n) is 8.09. The number of nitrogens with zero attached hydrogens (tertiary/aromatic N) is 2. The second-order valence-electron chi connectivity index (χ2n) is 6.14. The van der Waals surface area contributed by atoms with E-state index >= 15 is 0 Å². The van der Waals surface area contributed by atoms with Crippen LogP contribution in [-0.2, 0) is 9.53 Å². The molecular formula is C17H23FN2O3. The van der Waals surface area contributed by atoms with Crippen LogP contribution in [0.4, 0.5) is 4.39 Å². The van der Waals surface area contributed by atoms with E-state index in [9.17, 15) is 9.18 Å². The molecule has 0 bridgehead atoms. The number of hydrogen-bond donors (Lipinski definition) is 0. The van der Waals surface area contributed by atoms with Crippen LogP contribution >= 0.6 is 0 Å². The zero-order chi connectivity index (χ0) is 16.2. The Kier molecular flexibility index (Phi) is 5.13. The number of ether oxygens (including phenoxy) is 2. The summed E-state index contributed by atoms with van der Waals surface area (Å²) in [6.45, 7) is 3.40. The van der Waals surface area contributed by atoms with E-state index in [4.69, 9.17) is 9.47 Å². The van der Waals surface area contributed by atoms with Crippen LogP contribution in [0.25, 0.3) is 0 Å². The van der Waals surface area contributed by atoms with E-state index in [1.165, 1.54) is 12.1 Å². The average Bonchev–Trinajstić information content (AvgIpc) is 2.53. The SMILES string of the molecule is COC1CCN(C2CN(C(=O)COc3ccccc3F)C2)CC1. The van der Waals surface area contributed by atoms with Crippen molar-refractivity contribution < 1.29 is 18.7 Å². The summed E-state index contributed by atoms with van der Waals surface area (Å²) in [7, 11) is 1.76. The Morgan fingerprint density at radius 1 is 1.26 bits per heavy atom. The fraction of sp³-hybridized carbons (Fsp3) is 0.588. The molecule has 2 heterocycles. The largest absolute Gasteiger partial charge is 0.481 e. The minimum absolute atomic E-state index is 0.0868. The predicted molar refractivity (Wildman–Crippen MR) is 83.9 cm³/mol. The zero-order valence-corrected chi connectivity index (χ0v) is 13.4. The van der Waals surface area contributed by atoms with Crippen molar-refractivity contribution in [2.45, 2.75) is 25.0 Å². The normalized spacial score (nSPS) is 20.3. The van der Waals surface area contributed by atoms with E-state index in [0.717, 1.165) is 39.0 Å².